The van der Waals surface area contributed by atoms with Crippen molar-refractivity contribution < 1.29 is 4.39 Å². The number of hydrogen-bond acceptors (Lipinski definition) is 2. The lowest BCUT2D eigenvalue weighted by Gasteiger charge is -2.19. The lowest BCUT2D eigenvalue weighted by atomic mass is 10.1. The minimum atomic E-state index is -0.381. The predicted octanol–water partition coefficient (Wildman–Crippen LogP) is 5.01. The molecule has 106 valence electrons. The Balaban J connectivity index is 2.26. The van der Waals surface area contributed by atoms with Crippen LogP contribution in [0, 0.1) is 5.82 Å². The molecule has 20 heavy (non-hydrogen) atoms. The zero-order valence-electron chi connectivity index (χ0n) is 10.3. The Morgan fingerprint density at radius 1 is 1.20 bits per heavy atom. The summed E-state index contributed by atoms with van der Waals surface area (Å²) in [5.74, 6) is -0.381. The molecule has 2 aromatic rings. The van der Waals surface area contributed by atoms with E-state index in [1.54, 1.807) is 18.2 Å². The number of halogens is 4. The molecule has 2 nitrogen and oxygen atoms in total. The first-order valence-electron chi connectivity index (χ1n) is 5.88. The molecule has 0 aliphatic heterocycles. The summed E-state index contributed by atoms with van der Waals surface area (Å²) >= 11 is 15.0. The van der Waals surface area contributed by atoms with E-state index in [0.29, 0.717) is 15.6 Å². The van der Waals surface area contributed by atoms with Crippen molar-refractivity contribution in [2.45, 2.75) is 6.04 Å². The van der Waals surface area contributed by atoms with E-state index in [9.17, 15) is 4.39 Å². The van der Waals surface area contributed by atoms with Crippen LogP contribution in [0.2, 0.25) is 10.0 Å². The van der Waals surface area contributed by atoms with Gasteiger partial charge in [0.25, 0.3) is 0 Å². The Labute approximate surface area is 135 Å². The molecule has 0 radical (unpaired) electrons. The van der Waals surface area contributed by atoms with Crippen LogP contribution in [0.15, 0.2) is 40.9 Å². The largest absolute Gasteiger partial charge is 0.377 e. The van der Waals surface area contributed by atoms with Gasteiger partial charge >= 0.3 is 0 Å². The minimum Gasteiger partial charge on any atom is -0.377 e. The molecule has 0 aromatic heterocycles. The average Bonchev–Trinajstić information content (AvgIpc) is 2.41. The number of nitrogens with one attached hydrogen (secondary N) is 1. The van der Waals surface area contributed by atoms with Crippen molar-refractivity contribution in [2.24, 2.45) is 5.73 Å². The monoisotopic (exact) mass is 376 g/mol. The van der Waals surface area contributed by atoms with Gasteiger partial charge in [-0.3, -0.25) is 0 Å². The fraction of sp³-hybridized carbons (Fsp3) is 0.143. The number of hydrogen-bond donors (Lipinski definition) is 2. The van der Waals surface area contributed by atoms with Gasteiger partial charge in [-0.2, -0.15) is 0 Å². The highest BCUT2D eigenvalue weighted by Crippen LogP contribution is 2.28. The molecule has 0 saturated heterocycles. The zero-order chi connectivity index (χ0) is 14.7. The minimum absolute atomic E-state index is 0.249. The van der Waals surface area contributed by atoms with Crippen LogP contribution in [0.5, 0.6) is 0 Å². The van der Waals surface area contributed by atoms with Crippen LogP contribution in [0.3, 0.4) is 0 Å². The molecule has 6 heteroatoms. The normalized spacial score (nSPS) is 12.2. The van der Waals surface area contributed by atoms with E-state index >= 15 is 0 Å². The van der Waals surface area contributed by atoms with Gasteiger partial charge in [0.2, 0.25) is 0 Å². The summed E-state index contributed by atoms with van der Waals surface area (Å²) in [5, 5.41) is 4.14. The first-order chi connectivity index (χ1) is 9.51. The van der Waals surface area contributed by atoms with Gasteiger partial charge in [0.15, 0.2) is 0 Å². The third-order valence-corrected chi connectivity index (χ3v) is 4.28. The second-order valence-electron chi connectivity index (χ2n) is 4.23. The lowest BCUT2D eigenvalue weighted by Crippen LogP contribution is -2.21. The van der Waals surface area contributed by atoms with E-state index in [2.05, 4.69) is 21.2 Å². The zero-order valence-corrected chi connectivity index (χ0v) is 13.4. The average molecular weight is 378 g/mol. The van der Waals surface area contributed by atoms with E-state index in [1.807, 2.05) is 12.1 Å². The van der Waals surface area contributed by atoms with Crippen molar-refractivity contribution in [1.82, 2.24) is 0 Å². The Morgan fingerprint density at radius 2 is 1.95 bits per heavy atom. The van der Waals surface area contributed by atoms with Crippen molar-refractivity contribution in [3.63, 3.8) is 0 Å². The predicted molar refractivity (Wildman–Crippen MR) is 86.0 cm³/mol. The van der Waals surface area contributed by atoms with Gasteiger partial charge in [-0.15, -0.1) is 0 Å². The number of benzene rings is 2. The van der Waals surface area contributed by atoms with Crippen LogP contribution in [0.25, 0.3) is 0 Å². The fourth-order valence-electron chi connectivity index (χ4n) is 1.83. The molecular weight excluding hydrogens is 366 g/mol. The molecule has 0 amide bonds. The number of nitrogens with two attached hydrogens (primary N) is 1. The van der Waals surface area contributed by atoms with E-state index in [-0.39, 0.29) is 18.4 Å². The topological polar surface area (TPSA) is 38.0 Å². The Morgan fingerprint density at radius 3 is 2.55 bits per heavy atom. The first-order valence-corrected chi connectivity index (χ1v) is 7.42. The molecule has 0 fully saturated rings. The van der Waals surface area contributed by atoms with Gasteiger partial charge in [0.05, 0.1) is 11.1 Å². The molecule has 0 bridgehead atoms. The quantitative estimate of drug-likeness (QED) is 0.786. The SMILES string of the molecule is NCC(Nc1ccc(Cl)c(Br)c1)c1ccc(Cl)cc1F. The maximum atomic E-state index is 13.9. The highest BCUT2D eigenvalue weighted by Gasteiger charge is 2.15. The molecule has 0 saturated carbocycles. The summed E-state index contributed by atoms with van der Waals surface area (Å²) in [6.45, 7) is 0.249. The standard InChI is InChI=1S/C14H12BrCl2FN2/c15-11-6-9(2-4-12(11)17)20-14(7-19)10-3-1-8(16)5-13(10)18/h1-6,14,20H,7,19H2. The van der Waals surface area contributed by atoms with Crippen molar-refractivity contribution in [2.75, 3.05) is 11.9 Å². The molecule has 0 aliphatic carbocycles. The lowest BCUT2D eigenvalue weighted by molar-refractivity contribution is 0.593. The number of rotatable bonds is 4. The molecule has 0 heterocycles. The number of anilines is 1. The highest BCUT2D eigenvalue weighted by atomic mass is 79.9. The van der Waals surface area contributed by atoms with Crippen LogP contribution in [0.4, 0.5) is 10.1 Å². The van der Waals surface area contributed by atoms with Crippen LogP contribution in [-0.4, -0.2) is 6.54 Å². The molecule has 3 N–H and O–H groups in total. The summed E-state index contributed by atoms with van der Waals surface area (Å²) < 4.78 is 14.7. The van der Waals surface area contributed by atoms with Crippen LogP contribution < -0.4 is 11.1 Å². The first kappa shape index (κ1) is 15.6. The molecule has 1 atom stereocenters. The Kier molecular flexibility index (Phi) is 5.27. The molecule has 2 aromatic carbocycles. The van der Waals surface area contributed by atoms with Gasteiger partial charge in [-0.1, -0.05) is 29.3 Å². The molecular formula is C14H12BrCl2FN2. The van der Waals surface area contributed by atoms with Crippen molar-refractivity contribution in [3.8, 4) is 0 Å². The van der Waals surface area contributed by atoms with Crippen molar-refractivity contribution in [1.29, 1.82) is 0 Å². The molecule has 0 aliphatic rings. The van der Waals surface area contributed by atoms with Gasteiger partial charge in [-0.25, -0.2) is 4.39 Å². The Hall–Kier alpha value is -0.810. The van der Waals surface area contributed by atoms with Gasteiger partial charge < -0.3 is 11.1 Å². The van der Waals surface area contributed by atoms with Crippen LogP contribution in [-0.2, 0) is 0 Å². The van der Waals surface area contributed by atoms with Crippen molar-refractivity contribution in [3.05, 3.63) is 62.3 Å². The van der Waals surface area contributed by atoms with Crippen molar-refractivity contribution >= 4 is 44.8 Å². The smallest absolute Gasteiger partial charge is 0.130 e. The maximum Gasteiger partial charge on any atom is 0.130 e. The second-order valence-corrected chi connectivity index (χ2v) is 5.93. The maximum absolute atomic E-state index is 13.9. The summed E-state index contributed by atoms with van der Waals surface area (Å²) in [7, 11) is 0. The van der Waals surface area contributed by atoms with E-state index in [4.69, 9.17) is 28.9 Å². The van der Waals surface area contributed by atoms with E-state index < -0.39 is 0 Å². The Bertz CT molecular complexity index is 622. The van der Waals surface area contributed by atoms with Gasteiger partial charge in [0.1, 0.15) is 5.82 Å². The molecule has 2 rings (SSSR count). The van der Waals surface area contributed by atoms with E-state index in [0.717, 1.165) is 10.2 Å². The van der Waals surface area contributed by atoms with Gasteiger partial charge in [-0.05, 0) is 46.3 Å². The molecule has 0 spiro atoms. The second kappa shape index (κ2) is 6.76. The third kappa shape index (κ3) is 3.64. The third-order valence-electron chi connectivity index (χ3n) is 2.83. The van der Waals surface area contributed by atoms with E-state index in [1.165, 1.54) is 6.07 Å². The summed E-state index contributed by atoms with van der Waals surface area (Å²) in [6, 6.07) is 9.58. The molecule has 1 unspecified atom stereocenters. The van der Waals surface area contributed by atoms with Crippen LogP contribution >= 0.6 is 39.1 Å². The summed E-state index contributed by atoms with van der Waals surface area (Å²) in [5.41, 5.74) is 7.00. The fourth-order valence-corrected chi connectivity index (χ4v) is 2.49. The summed E-state index contributed by atoms with van der Waals surface area (Å²) in [4.78, 5) is 0. The summed E-state index contributed by atoms with van der Waals surface area (Å²) in [6.07, 6.45) is 0. The van der Waals surface area contributed by atoms with Crippen LogP contribution in [0.1, 0.15) is 11.6 Å². The van der Waals surface area contributed by atoms with Gasteiger partial charge in [0, 0.05) is 27.3 Å². The highest BCUT2D eigenvalue weighted by molar-refractivity contribution is 9.10.